The van der Waals surface area contributed by atoms with Crippen molar-refractivity contribution in [3.63, 3.8) is 0 Å². The molecular formula is C21H32FN5. The highest BCUT2D eigenvalue weighted by atomic mass is 19.1. The molecule has 0 radical (unpaired) electrons. The number of fused-ring (bicyclic) bond motifs is 1. The number of H-pyrrole nitrogens is 1. The van der Waals surface area contributed by atoms with Crippen molar-refractivity contribution in [3.8, 4) is 0 Å². The maximum absolute atomic E-state index is 13.5. The van der Waals surface area contributed by atoms with Crippen molar-refractivity contribution in [2.45, 2.75) is 32.6 Å². The third-order valence-electron chi connectivity index (χ3n) is 5.64. The van der Waals surface area contributed by atoms with Crippen LogP contribution in [0, 0.1) is 11.7 Å². The Morgan fingerprint density at radius 2 is 2.04 bits per heavy atom. The smallest absolute Gasteiger partial charge is 0.190 e. The molecule has 1 saturated heterocycles. The van der Waals surface area contributed by atoms with Crippen LogP contribution in [0.25, 0.3) is 10.9 Å². The lowest BCUT2D eigenvalue weighted by molar-refractivity contribution is 0.187. The van der Waals surface area contributed by atoms with Gasteiger partial charge < -0.3 is 20.5 Å². The summed E-state index contributed by atoms with van der Waals surface area (Å²) in [6.45, 7) is 7.60. The van der Waals surface area contributed by atoms with Crippen LogP contribution in [0.2, 0.25) is 0 Å². The van der Waals surface area contributed by atoms with Crippen LogP contribution in [0.15, 0.2) is 29.4 Å². The Morgan fingerprint density at radius 3 is 2.78 bits per heavy atom. The van der Waals surface area contributed by atoms with Gasteiger partial charge >= 0.3 is 0 Å². The molecule has 6 heteroatoms. The van der Waals surface area contributed by atoms with Crippen LogP contribution in [-0.2, 0) is 6.42 Å². The van der Waals surface area contributed by atoms with Crippen molar-refractivity contribution in [1.29, 1.82) is 0 Å². The summed E-state index contributed by atoms with van der Waals surface area (Å²) in [5.41, 5.74) is 2.10. The molecule has 0 saturated carbocycles. The second kappa shape index (κ2) is 9.74. The first kappa shape index (κ1) is 19.7. The average molecular weight is 374 g/mol. The molecule has 1 aliphatic rings. The van der Waals surface area contributed by atoms with Gasteiger partial charge in [0.1, 0.15) is 5.82 Å². The van der Waals surface area contributed by atoms with Gasteiger partial charge in [-0.15, -0.1) is 0 Å². The van der Waals surface area contributed by atoms with Crippen molar-refractivity contribution in [2.75, 3.05) is 39.8 Å². The van der Waals surface area contributed by atoms with E-state index in [1.807, 2.05) is 6.20 Å². The van der Waals surface area contributed by atoms with E-state index in [0.717, 1.165) is 47.9 Å². The lowest BCUT2D eigenvalue weighted by Gasteiger charge is -2.31. The highest BCUT2D eigenvalue weighted by Gasteiger charge is 2.17. The molecule has 2 heterocycles. The Balaban J connectivity index is 1.38. The molecule has 0 atom stereocenters. The zero-order valence-corrected chi connectivity index (χ0v) is 16.5. The molecule has 0 spiro atoms. The summed E-state index contributed by atoms with van der Waals surface area (Å²) in [5.74, 6) is 1.46. The van der Waals surface area contributed by atoms with Gasteiger partial charge in [-0.25, -0.2) is 4.39 Å². The number of likely N-dealkylation sites (tertiary alicyclic amines) is 1. The van der Waals surface area contributed by atoms with Crippen LogP contribution in [0.3, 0.4) is 0 Å². The van der Waals surface area contributed by atoms with Gasteiger partial charge in [0.25, 0.3) is 0 Å². The van der Waals surface area contributed by atoms with Gasteiger partial charge in [0.05, 0.1) is 0 Å². The average Bonchev–Trinajstić information content (AvgIpc) is 3.09. The van der Waals surface area contributed by atoms with Gasteiger partial charge in [-0.2, -0.15) is 0 Å². The minimum atomic E-state index is -0.196. The van der Waals surface area contributed by atoms with E-state index in [4.69, 9.17) is 0 Å². The molecule has 0 aliphatic carbocycles. The van der Waals surface area contributed by atoms with Gasteiger partial charge in [-0.1, -0.05) is 6.92 Å². The zero-order chi connectivity index (χ0) is 19.1. The quantitative estimate of drug-likeness (QED) is 0.516. The van der Waals surface area contributed by atoms with Gasteiger partial charge in [0.15, 0.2) is 5.96 Å². The third kappa shape index (κ3) is 5.45. The summed E-state index contributed by atoms with van der Waals surface area (Å²) in [7, 11) is 1.80. The standard InChI is InChI=1S/C21H32FN5/c1-3-27-12-8-16(9-13-27)6-10-24-21(23-2)25-11-7-17-15-26-20-5-4-18(22)14-19(17)20/h4-5,14-16,26H,3,6-13H2,1-2H3,(H2,23,24,25). The van der Waals surface area contributed by atoms with E-state index in [1.165, 1.54) is 45.0 Å². The third-order valence-corrected chi connectivity index (χ3v) is 5.64. The van der Waals surface area contributed by atoms with E-state index in [0.29, 0.717) is 0 Å². The number of nitrogens with zero attached hydrogens (tertiary/aromatic N) is 2. The fraction of sp³-hybridized carbons (Fsp3) is 0.571. The van der Waals surface area contributed by atoms with Crippen molar-refractivity contribution < 1.29 is 4.39 Å². The molecule has 148 valence electrons. The van der Waals surface area contributed by atoms with E-state index in [-0.39, 0.29) is 5.82 Å². The molecule has 0 bridgehead atoms. The fourth-order valence-electron chi connectivity index (χ4n) is 3.88. The molecule has 1 aliphatic heterocycles. The number of hydrogen-bond acceptors (Lipinski definition) is 2. The number of hydrogen-bond donors (Lipinski definition) is 3. The Morgan fingerprint density at radius 1 is 1.26 bits per heavy atom. The Hall–Kier alpha value is -2.08. The van der Waals surface area contributed by atoms with Crippen LogP contribution in [0.1, 0.15) is 31.7 Å². The summed E-state index contributed by atoms with van der Waals surface area (Å²) in [6, 6.07) is 4.86. The normalized spacial score (nSPS) is 16.8. The number of benzene rings is 1. The first-order chi connectivity index (χ1) is 13.2. The molecule has 3 rings (SSSR count). The zero-order valence-electron chi connectivity index (χ0n) is 16.5. The first-order valence-electron chi connectivity index (χ1n) is 10.1. The van der Waals surface area contributed by atoms with Crippen molar-refractivity contribution in [1.82, 2.24) is 20.5 Å². The number of aromatic amines is 1. The maximum atomic E-state index is 13.5. The van der Waals surface area contributed by atoms with Crippen molar-refractivity contribution in [2.24, 2.45) is 10.9 Å². The number of nitrogens with one attached hydrogen (secondary N) is 3. The van der Waals surface area contributed by atoms with Crippen molar-refractivity contribution >= 4 is 16.9 Å². The summed E-state index contributed by atoms with van der Waals surface area (Å²) >= 11 is 0. The number of halogens is 1. The molecule has 3 N–H and O–H groups in total. The van der Waals surface area contributed by atoms with Gasteiger partial charge in [-0.05, 0) is 75.0 Å². The van der Waals surface area contributed by atoms with E-state index in [2.05, 4.69) is 32.4 Å². The molecule has 0 unspecified atom stereocenters. The Labute approximate surface area is 161 Å². The molecule has 1 aromatic carbocycles. The SMILES string of the molecule is CCN1CCC(CCNC(=NC)NCCc2c[nH]c3ccc(F)cc23)CC1. The predicted molar refractivity (Wildman–Crippen MR) is 111 cm³/mol. The van der Waals surface area contributed by atoms with E-state index in [9.17, 15) is 4.39 Å². The Bertz CT molecular complexity index is 746. The second-order valence-corrected chi connectivity index (χ2v) is 7.35. The summed E-state index contributed by atoms with van der Waals surface area (Å²) in [6.07, 6.45) is 6.58. The van der Waals surface area contributed by atoms with Gasteiger partial charge in [-0.3, -0.25) is 4.99 Å². The van der Waals surface area contributed by atoms with Crippen LogP contribution in [0.4, 0.5) is 4.39 Å². The minimum Gasteiger partial charge on any atom is -0.361 e. The van der Waals surface area contributed by atoms with Crippen LogP contribution in [0.5, 0.6) is 0 Å². The number of aliphatic imine (C=N–C) groups is 1. The van der Waals surface area contributed by atoms with Gasteiger partial charge in [0.2, 0.25) is 0 Å². The molecule has 5 nitrogen and oxygen atoms in total. The number of guanidine groups is 1. The van der Waals surface area contributed by atoms with Crippen molar-refractivity contribution in [3.05, 3.63) is 35.8 Å². The second-order valence-electron chi connectivity index (χ2n) is 7.35. The molecule has 27 heavy (non-hydrogen) atoms. The van der Waals surface area contributed by atoms with E-state index < -0.39 is 0 Å². The first-order valence-corrected chi connectivity index (χ1v) is 10.1. The summed E-state index contributed by atoms with van der Waals surface area (Å²) < 4.78 is 13.5. The molecule has 2 aromatic rings. The topological polar surface area (TPSA) is 55.4 Å². The monoisotopic (exact) mass is 373 g/mol. The van der Waals surface area contributed by atoms with E-state index >= 15 is 0 Å². The van der Waals surface area contributed by atoms with Crippen LogP contribution in [-0.4, -0.2) is 55.6 Å². The summed E-state index contributed by atoms with van der Waals surface area (Å²) in [5, 5.41) is 7.75. The largest absolute Gasteiger partial charge is 0.361 e. The van der Waals surface area contributed by atoms with E-state index in [1.54, 1.807) is 19.2 Å². The predicted octanol–water partition coefficient (Wildman–Crippen LogP) is 3.14. The molecule has 1 aromatic heterocycles. The minimum absolute atomic E-state index is 0.196. The van der Waals surface area contributed by atoms with Crippen LogP contribution < -0.4 is 10.6 Å². The highest BCUT2D eigenvalue weighted by molar-refractivity contribution is 5.83. The molecule has 1 fully saturated rings. The lowest BCUT2D eigenvalue weighted by atomic mass is 9.93. The summed E-state index contributed by atoms with van der Waals surface area (Å²) in [4.78, 5) is 10.0. The fourth-order valence-corrected chi connectivity index (χ4v) is 3.88. The van der Waals surface area contributed by atoms with Crippen LogP contribution >= 0.6 is 0 Å². The number of piperidine rings is 1. The number of rotatable bonds is 7. The van der Waals surface area contributed by atoms with Gasteiger partial charge in [0, 0.05) is 37.2 Å². The molecular weight excluding hydrogens is 341 g/mol. The Kier molecular flexibility index (Phi) is 7.10. The maximum Gasteiger partial charge on any atom is 0.190 e. The lowest BCUT2D eigenvalue weighted by Crippen LogP contribution is -2.40. The molecule has 0 amide bonds. The number of aromatic nitrogens is 1. The highest BCUT2D eigenvalue weighted by Crippen LogP contribution is 2.20.